The molecule has 2 N–H and O–H groups in total. The Bertz CT molecular complexity index is 1140. The van der Waals surface area contributed by atoms with Gasteiger partial charge in [0.25, 0.3) is 0 Å². The van der Waals surface area contributed by atoms with E-state index in [4.69, 9.17) is 11.6 Å². The van der Waals surface area contributed by atoms with Gasteiger partial charge in [-0.15, -0.1) is 5.10 Å². The van der Waals surface area contributed by atoms with Crippen molar-refractivity contribution in [2.75, 3.05) is 0 Å². The molecule has 3 rings (SSSR count). The molecular formula is C22H24ClFN4O2. The van der Waals surface area contributed by atoms with E-state index in [1.54, 1.807) is 30.3 Å². The molecule has 0 atom stereocenters. The third-order valence-electron chi connectivity index (χ3n) is 4.70. The van der Waals surface area contributed by atoms with Crippen molar-refractivity contribution in [3.8, 4) is 17.1 Å². The second-order valence-electron chi connectivity index (χ2n) is 8.07. The predicted molar refractivity (Wildman–Crippen MR) is 115 cm³/mol. The number of hydrogen-bond donors (Lipinski definition) is 2. The molecular weight excluding hydrogens is 407 g/mol. The summed E-state index contributed by atoms with van der Waals surface area (Å²) < 4.78 is 15.3. The fraction of sp³-hybridized carbons (Fsp3) is 0.318. The van der Waals surface area contributed by atoms with Crippen molar-refractivity contribution in [3.63, 3.8) is 0 Å². The van der Waals surface area contributed by atoms with Crippen molar-refractivity contribution >= 4 is 17.5 Å². The number of halogens is 2. The van der Waals surface area contributed by atoms with Crippen LogP contribution in [0.25, 0.3) is 17.1 Å². The number of aryl methyl sites for hydroxylation is 1. The number of nitrogens with zero attached hydrogens (tertiary/aromatic N) is 2. The number of aromatic amines is 1. The van der Waals surface area contributed by atoms with Crippen molar-refractivity contribution in [2.24, 2.45) is 5.41 Å². The lowest BCUT2D eigenvalue weighted by atomic mass is 9.95. The monoisotopic (exact) mass is 430 g/mol. The molecule has 0 fully saturated rings. The Kier molecular flexibility index (Phi) is 6.12. The van der Waals surface area contributed by atoms with Crippen LogP contribution in [0.4, 0.5) is 4.39 Å². The summed E-state index contributed by atoms with van der Waals surface area (Å²) >= 11 is 6.30. The van der Waals surface area contributed by atoms with E-state index in [9.17, 15) is 14.0 Å². The van der Waals surface area contributed by atoms with Gasteiger partial charge in [0.2, 0.25) is 5.91 Å². The van der Waals surface area contributed by atoms with Crippen molar-refractivity contribution < 1.29 is 9.18 Å². The number of carbonyl (C=O) groups excluding carboxylic acids is 1. The molecule has 8 heteroatoms. The van der Waals surface area contributed by atoms with Crippen molar-refractivity contribution in [3.05, 3.63) is 68.8 Å². The van der Waals surface area contributed by atoms with Crippen LogP contribution in [0.3, 0.4) is 0 Å². The topological polar surface area (TPSA) is 79.8 Å². The molecule has 1 heterocycles. The smallest absolute Gasteiger partial charge is 0.348 e. The third-order valence-corrected chi connectivity index (χ3v) is 5.02. The fourth-order valence-electron chi connectivity index (χ4n) is 2.88. The van der Waals surface area contributed by atoms with E-state index in [1.807, 2.05) is 27.7 Å². The molecule has 1 aromatic heterocycles. The molecule has 0 saturated carbocycles. The maximum atomic E-state index is 14.1. The molecule has 158 valence electrons. The van der Waals surface area contributed by atoms with Gasteiger partial charge in [-0.25, -0.2) is 9.18 Å². The van der Waals surface area contributed by atoms with E-state index in [0.717, 1.165) is 10.2 Å². The summed E-state index contributed by atoms with van der Waals surface area (Å²) in [6.07, 6.45) is 0.575. The highest BCUT2D eigenvalue weighted by atomic mass is 35.5. The number of aromatic nitrogens is 3. The Balaban J connectivity index is 1.92. The van der Waals surface area contributed by atoms with Gasteiger partial charge in [-0.3, -0.25) is 9.78 Å². The molecule has 0 aliphatic rings. The van der Waals surface area contributed by atoms with Gasteiger partial charge in [0.05, 0.1) is 10.7 Å². The first-order chi connectivity index (χ1) is 14.1. The zero-order valence-electron chi connectivity index (χ0n) is 17.3. The van der Waals surface area contributed by atoms with Gasteiger partial charge in [0.15, 0.2) is 5.82 Å². The van der Waals surface area contributed by atoms with Crippen LogP contribution >= 0.6 is 11.6 Å². The maximum absolute atomic E-state index is 14.1. The molecule has 0 aliphatic carbocycles. The molecule has 0 aliphatic heterocycles. The zero-order chi connectivity index (χ0) is 22.1. The predicted octanol–water partition coefficient (Wildman–Crippen LogP) is 4.24. The third kappa shape index (κ3) is 4.62. The molecule has 30 heavy (non-hydrogen) atoms. The summed E-state index contributed by atoms with van der Waals surface area (Å²) in [6, 6.07) is 9.84. The van der Waals surface area contributed by atoms with Crippen LogP contribution in [0.15, 0.2) is 41.2 Å². The van der Waals surface area contributed by atoms with Gasteiger partial charge in [-0.2, -0.15) is 4.68 Å². The summed E-state index contributed by atoms with van der Waals surface area (Å²) in [5.74, 6) is -0.195. The summed E-state index contributed by atoms with van der Waals surface area (Å²) in [6.45, 7) is 7.65. The van der Waals surface area contributed by atoms with Gasteiger partial charge >= 0.3 is 5.69 Å². The minimum absolute atomic E-state index is 0.0872. The van der Waals surface area contributed by atoms with Crippen LogP contribution < -0.4 is 11.0 Å². The Morgan fingerprint density at radius 1 is 1.23 bits per heavy atom. The molecule has 0 unspecified atom stereocenters. The van der Waals surface area contributed by atoms with Crippen LogP contribution in [-0.4, -0.2) is 20.7 Å². The Morgan fingerprint density at radius 2 is 1.97 bits per heavy atom. The Morgan fingerprint density at radius 3 is 2.60 bits per heavy atom. The van der Waals surface area contributed by atoms with Crippen LogP contribution in [0.2, 0.25) is 5.02 Å². The van der Waals surface area contributed by atoms with E-state index in [0.29, 0.717) is 28.3 Å². The van der Waals surface area contributed by atoms with Gasteiger partial charge in [0.1, 0.15) is 5.82 Å². The fourth-order valence-corrected chi connectivity index (χ4v) is 3.07. The number of hydrogen-bond acceptors (Lipinski definition) is 3. The quantitative estimate of drug-likeness (QED) is 0.635. The Labute approximate surface area is 179 Å². The summed E-state index contributed by atoms with van der Waals surface area (Å²) in [5, 5.41) is 7.48. The molecule has 3 aromatic rings. The maximum Gasteiger partial charge on any atom is 0.348 e. The standard InChI is InChI=1S/C22H24ClFN4O2/c1-5-14-7-8-15(11-17(14)24)19-26-21(30)28(27-19)18-10-13(6-9-16(18)23)12-25-20(29)22(2,3)4/h6-11H,5,12H2,1-4H3,(H,25,29)(H,26,27,30). The lowest BCUT2D eigenvalue weighted by molar-refractivity contribution is -0.128. The second kappa shape index (κ2) is 8.44. The van der Waals surface area contributed by atoms with E-state index < -0.39 is 11.1 Å². The number of carbonyl (C=O) groups is 1. The highest BCUT2D eigenvalue weighted by Gasteiger charge is 2.21. The molecule has 0 spiro atoms. The average molecular weight is 431 g/mol. The van der Waals surface area contributed by atoms with Crippen LogP contribution in [0, 0.1) is 11.2 Å². The van der Waals surface area contributed by atoms with Crippen LogP contribution in [0.1, 0.15) is 38.8 Å². The molecule has 0 bridgehead atoms. The van der Waals surface area contributed by atoms with Gasteiger partial charge in [0, 0.05) is 17.5 Å². The molecule has 6 nitrogen and oxygen atoms in total. The lowest BCUT2D eigenvalue weighted by Gasteiger charge is -2.17. The number of rotatable bonds is 5. The minimum atomic E-state index is -0.508. The normalized spacial score (nSPS) is 11.5. The number of nitrogens with one attached hydrogen (secondary N) is 2. The number of amides is 1. The van der Waals surface area contributed by atoms with Gasteiger partial charge in [-0.1, -0.05) is 57.5 Å². The Hall–Kier alpha value is -2.93. The van der Waals surface area contributed by atoms with Crippen molar-refractivity contribution in [2.45, 2.75) is 40.7 Å². The van der Waals surface area contributed by atoms with E-state index in [1.165, 1.54) is 6.07 Å². The van der Waals surface area contributed by atoms with Gasteiger partial charge < -0.3 is 5.32 Å². The van der Waals surface area contributed by atoms with Crippen LogP contribution in [0.5, 0.6) is 0 Å². The largest absolute Gasteiger partial charge is 0.352 e. The second-order valence-corrected chi connectivity index (χ2v) is 8.48. The first-order valence-electron chi connectivity index (χ1n) is 9.65. The highest BCUT2D eigenvalue weighted by molar-refractivity contribution is 6.32. The number of benzene rings is 2. The molecule has 0 saturated heterocycles. The first-order valence-corrected chi connectivity index (χ1v) is 10.0. The lowest BCUT2D eigenvalue weighted by Crippen LogP contribution is -2.34. The SMILES string of the molecule is CCc1ccc(-c2nn(-c3cc(CNC(=O)C(C)(C)C)ccc3Cl)c(=O)[nH]2)cc1F. The highest BCUT2D eigenvalue weighted by Crippen LogP contribution is 2.23. The summed E-state index contributed by atoms with van der Waals surface area (Å²) in [5.41, 5.74) is 1.19. The van der Waals surface area contributed by atoms with Crippen molar-refractivity contribution in [1.82, 2.24) is 20.1 Å². The number of H-pyrrole nitrogens is 1. The molecule has 1 amide bonds. The molecule has 2 aromatic carbocycles. The van der Waals surface area contributed by atoms with E-state index >= 15 is 0 Å². The van der Waals surface area contributed by atoms with Crippen LogP contribution in [-0.2, 0) is 17.8 Å². The summed E-state index contributed by atoms with van der Waals surface area (Å²) in [7, 11) is 0. The van der Waals surface area contributed by atoms with Gasteiger partial charge in [-0.05, 0) is 35.7 Å². The van der Waals surface area contributed by atoms with E-state index in [2.05, 4.69) is 15.4 Å². The average Bonchev–Trinajstić information content (AvgIpc) is 3.07. The summed E-state index contributed by atoms with van der Waals surface area (Å²) in [4.78, 5) is 27.3. The molecule has 0 radical (unpaired) electrons. The zero-order valence-corrected chi connectivity index (χ0v) is 18.1. The first kappa shape index (κ1) is 21.8. The van der Waals surface area contributed by atoms with E-state index in [-0.39, 0.29) is 24.1 Å². The van der Waals surface area contributed by atoms with Crippen molar-refractivity contribution in [1.29, 1.82) is 0 Å². The minimum Gasteiger partial charge on any atom is -0.352 e.